The number of carbonyl (C=O) groups is 1. The van der Waals surface area contributed by atoms with Crippen molar-refractivity contribution < 1.29 is 13.9 Å². The lowest BCUT2D eigenvalue weighted by Crippen LogP contribution is -2.43. The smallest absolute Gasteiger partial charge is 0.422 e. The molecule has 0 aliphatic carbocycles. The molecule has 0 fully saturated rings. The summed E-state index contributed by atoms with van der Waals surface area (Å²) in [6, 6.07) is 16.6. The first-order valence-corrected chi connectivity index (χ1v) is 8.68. The van der Waals surface area contributed by atoms with Crippen molar-refractivity contribution in [2.24, 2.45) is 0 Å². The second-order valence-corrected chi connectivity index (χ2v) is 7.38. The van der Waals surface area contributed by atoms with Crippen molar-refractivity contribution in [2.45, 2.75) is 32.4 Å². The number of carbonyl (C=O) groups excluding carboxylic acids is 1. The SMILES string of the molecule is CC(C)(C)OC(=O)NN[C@H](c1ccc(Cl)cc1)c1cc2ccccc2o1. The summed E-state index contributed by atoms with van der Waals surface area (Å²) < 4.78 is 11.2. The average molecular weight is 373 g/mol. The number of furan rings is 1. The summed E-state index contributed by atoms with van der Waals surface area (Å²) >= 11 is 5.99. The monoisotopic (exact) mass is 372 g/mol. The highest BCUT2D eigenvalue weighted by Crippen LogP contribution is 2.28. The quantitative estimate of drug-likeness (QED) is 0.617. The second-order valence-electron chi connectivity index (χ2n) is 6.94. The fraction of sp³-hybridized carbons (Fsp3) is 0.250. The molecular weight excluding hydrogens is 352 g/mol. The van der Waals surface area contributed by atoms with E-state index in [1.165, 1.54) is 0 Å². The summed E-state index contributed by atoms with van der Waals surface area (Å²) in [7, 11) is 0. The highest BCUT2D eigenvalue weighted by Gasteiger charge is 2.21. The molecule has 1 amide bonds. The fourth-order valence-electron chi connectivity index (χ4n) is 2.55. The van der Waals surface area contributed by atoms with Crippen LogP contribution in [0.3, 0.4) is 0 Å². The predicted octanol–water partition coefficient (Wildman–Crippen LogP) is 5.20. The van der Waals surface area contributed by atoms with Crippen LogP contribution in [0.1, 0.15) is 38.1 Å². The van der Waals surface area contributed by atoms with Gasteiger partial charge < -0.3 is 9.15 Å². The van der Waals surface area contributed by atoms with Gasteiger partial charge in [-0.25, -0.2) is 10.2 Å². The van der Waals surface area contributed by atoms with Gasteiger partial charge in [0.2, 0.25) is 0 Å². The average Bonchev–Trinajstić information content (AvgIpc) is 2.98. The topological polar surface area (TPSA) is 63.5 Å². The van der Waals surface area contributed by atoms with Crippen LogP contribution in [-0.4, -0.2) is 11.7 Å². The van der Waals surface area contributed by atoms with Crippen molar-refractivity contribution in [1.29, 1.82) is 0 Å². The van der Waals surface area contributed by atoms with Gasteiger partial charge in [-0.1, -0.05) is 41.9 Å². The van der Waals surface area contributed by atoms with Crippen LogP contribution >= 0.6 is 11.6 Å². The molecule has 0 aliphatic heterocycles. The van der Waals surface area contributed by atoms with Gasteiger partial charge in [0.15, 0.2) is 0 Å². The molecule has 0 radical (unpaired) electrons. The van der Waals surface area contributed by atoms with Gasteiger partial charge >= 0.3 is 6.09 Å². The van der Waals surface area contributed by atoms with E-state index in [1.54, 1.807) is 12.1 Å². The van der Waals surface area contributed by atoms with Gasteiger partial charge in [0.1, 0.15) is 23.0 Å². The van der Waals surface area contributed by atoms with Crippen LogP contribution in [0.4, 0.5) is 4.79 Å². The molecule has 2 N–H and O–H groups in total. The minimum absolute atomic E-state index is 0.396. The molecule has 5 nitrogen and oxygen atoms in total. The Kier molecular flexibility index (Phi) is 5.20. The lowest BCUT2D eigenvalue weighted by atomic mass is 10.1. The van der Waals surface area contributed by atoms with Crippen molar-refractivity contribution in [3.63, 3.8) is 0 Å². The number of benzene rings is 2. The number of nitrogens with one attached hydrogen (secondary N) is 2. The Bertz CT molecular complexity index is 864. The maximum absolute atomic E-state index is 12.0. The maximum Gasteiger partial charge on any atom is 0.422 e. The zero-order valence-corrected chi connectivity index (χ0v) is 15.6. The molecule has 0 spiro atoms. The van der Waals surface area contributed by atoms with E-state index >= 15 is 0 Å². The summed E-state index contributed by atoms with van der Waals surface area (Å²) in [5, 5.41) is 1.62. The summed E-state index contributed by atoms with van der Waals surface area (Å²) in [5.74, 6) is 0.671. The molecule has 1 aromatic heterocycles. The third-order valence-corrected chi connectivity index (χ3v) is 3.90. The van der Waals surface area contributed by atoms with E-state index in [-0.39, 0.29) is 0 Å². The summed E-state index contributed by atoms with van der Waals surface area (Å²) in [6.07, 6.45) is -0.562. The van der Waals surface area contributed by atoms with Crippen LogP contribution in [0.2, 0.25) is 5.02 Å². The Hall–Kier alpha value is -2.50. The molecule has 0 unspecified atom stereocenters. The number of para-hydroxylation sites is 1. The van der Waals surface area contributed by atoms with Gasteiger partial charge in [0.05, 0.1) is 0 Å². The van der Waals surface area contributed by atoms with Gasteiger partial charge in [0, 0.05) is 10.4 Å². The first kappa shape index (κ1) is 18.3. The van der Waals surface area contributed by atoms with Crippen LogP contribution < -0.4 is 10.9 Å². The van der Waals surface area contributed by atoms with Crippen molar-refractivity contribution >= 4 is 28.7 Å². The first-order chi connectivity index (χ1) is 12.3. The van der Waals surface area contributed by atoms with Gasteiger partial charge in [-0.05, 0) is 50.6 Å². The van der Waals surface area contributed by atoms with Crippen molar-refractivity contribution in [3.8, 4) is 0 Å². The zero-order valence-electron chi connectivity index (χ0n) is 14.9. The van der Waals surface area contributed by atoms with Gasteiger partial charge in [0.25, 0.3) is 0 Å². The highest BCUT2D eigenvalue weighted by atomic mass is 35.5. The van der Waals surface area contributed by atoms with Gasteiger partial charge in [-0.15, -0.1) is 0 Å². The summed E-state index contributed by atoms with van der Waals surface area (Å²) in [5.41, 5.74) is 6.67. The summed E-state index contributed by atoms with van der Waals surface area (Å²) in [6.45, 7) is 5.42. The Labute approximate surface area is 157 Å². The Morgan fingerprint density at radius 1 is 1.12 bits per heavy atom. The van der Waals surface area contributed by atoms with Crippen LogP contribution in [0.5, 0.6) is 0 Å². The highest BCUT2D eigenvalue weighted by molar-refractivity contribution is 6.30. The molecular formula is C20H21ClN2O3. The zero-order chi connectivity index (χ0) is 18.7. The van der Waals surface area contributed by atoms with E-state index in [0.29, 0.717) is 10.8 Å². The second kappa shape index (κ2) is 7.40. The normalized spacial score (nSPS) is 12.8. The molecule has 3 rings (SSSR count). The van der Waals surface area contributed by atoms with E-state index in [2.05, 4.69) is 10.9 Å². The van der Waals surface area contributed by atoms with Gasteiger partial charge in [-0.3, -0.25) is 5.43 Å². The maximum atomic E-state index is 12.0. The van der Waals surface area contributed by atoms with E-state index < -0.39 is 17.7 Å². The summed E-state index contributed by atoms with van der Waals surface area (Å²) in [4.78, 5) is 12.0. The van der Waals surface area contributed by atoms with Gasteiger partial charge in [-0.2, -0.15) is 0 Å². The number of hydrogen-bond acceptors (Lipinski definition) is 4. The molecule has 6 heteroatoms. The van der Waals surface area contributed by atoms with Crippen molar-refractivity contribution in [1.82, 2.24) is 10.9 Å². The van der Waals surface area contributed by atoms with Crippen LogP contribution in [-0.2, 0) is 4.74 Å². The lowest BCUT2D eigenvalue weighted by Gasteiger charge is -2.22. The first-order valence-electron chi connectivity index (χ1n) is 8.30. The van der Waals surface area contributed by atoms with E-state index in [1.807, 2.05) is 63.2 Å². The number of ether oxygens (including phenoxy) is 1. The third kappa shape index (κ3) is 4.56. The lowest BCUT2D eigenvalue weighted by molar-refractivity contribution is 0.0490. The largest absolute Gasteiger partial charge is 0.459 e. The Morgan fingerprint density at radius 3 is 2.46 bits per heavy atom. The van der Waals surface area contributed by atoms with Crippen molar-refractivity contribution in [2.75, 3.05) is 0 Å². The molecule has 0 saturated heterocycles. The number of amides is 1. The third-order valence-electron chi connectivity index (χ3n) is 3.65. The van der Waals surface area contributed by atoms with E-state index in [9.17, 15) is 4.79 Å². The minimum atomic E-state index is -0.582. The minimum Gasteiger partial charge on any atom is -0.459 e. The van der Waals surface area contributed by atoms with Crippen LogP contribution in [0.25, 0.3) is 11.0 Å². The Morgan fingerprint density at radius 2 is 1.81 bits per heavy atom. The predicted molar refractivity (Wildman–Crippen MR) is 102 cm³/mol. The molecule has 26 heavy (non-hydrogen) atoms. The van der Waals surface area contributed by atoms with Crippen LogP contribution in [0, 0.1) is 0 Å². The molecule has 136 valence electrons. The molecule has 3 aromatic rings. The van der Waals surface area contributed by atoms with E-state index in [0.717, 1.165) is 16.5 Å². The molecule has 1 atom stereocenters. The van der Waals surface area contributed by atoms with E-state index in [4.69, 9.17) is 20.8 Å². The number of hydrogen-bond donors (Lipinski definition) is 2. The molecule has 1 heterocycles. The molecule has 0 saturated carbocycles. The number of halogens is 1. The standard InChI is InChI=1S/C20H21ClN2O3/c1-20(2,3)26-19(24)23-22-18(13-8-10-15(21)11-9-13)17-12-14-6-4-5-7-16(14)25-17/h4-12,18,22H,1-3H3,(H,23,24)/t18-/m1/s1. The molecule has 0 aliphatic rings. The Balaban J connectivity index is 1.86. The fourth-order valence-corrected chi connectivity index (χ4v) is 2.68. The number of fused-ring (bicyclic) bond motifs is 1. The number of rotatable bonds is 4. The number of hydrazine groups is 1. The molecule has 0 bridgehead atoms. The van der Waals surface area contributed by atoms with Crippen molar-refractivity contribution in [3.05, 3.63) is 70.9 Å². The van der Waals surface area contributed by atoms with Crippen LogP contribution in [0.15, 0.2) is 59.0 Å². The molecule has 2 aromatic carbocycles.